The number of carbonyl (C=O) groups is 1. The van der Waals surface area contributed by atoms with Crippen molar-refractivity contribution in [2.75, 3.05) is 11.1 Å². The molecular formula is C20H25ClN2O4S. The van der Waals surface area contributed by atoms with E-state index in [2.05, 4.69) is 5.32 Å². The van der Waals surface area contributed by atoms with Gasteiger partial charge in [0.2, 0.25) is 0 Å². The molecule has 2 aromatic carbocycles. The highest BCUT2D eigenvalue weighted by molar-refractivity contribution is 7.87. The van der Waals surface area contributed by atoms with Gasteiger partial charge in [0.1, 0.15) is 5.75 Å². The van der Waals surface area contributed by atoms with E-state index in [0.717, 1.165) is 12.0 Å². The second-order valence-corrected chi connectivity index (χ2v) is 8.70. The summed E-state index contributed by atoms with van der Waals surface area (Å²) in [6.45, 7) is 5.78. The zero-order valence-corrected chi connectivity index (χ0v) is 17.8. The highest BCUT2D eigenvalue weighted by Gasteiger charge is 2.20. The van der Waals surface area contributed by atoms with Gasteiger partial charge in [0.05, 0.1) is 5.75 Å². The third-order valence-electron chi connectivity index (χ3n) is 4.29. The first-order chi connectivity index (χ1) is 13.2. The van der Waals surface area contributed by atoms with E-state index >= 15 is 0 Å². The molecule has 0 aromatic heterocycles. The minimum Gasteiger partial charge on any atom is -0.382 e. The van der Waals surface area contributed by atoms with Crippen LogP contribution in [0.25, 0.3) is 0 Å². The fourth-order valence-electron chi connectivity index (χ4n) is 2.51. The quantitative estimate of drug-likeness (QED) is 0.611. The number of hydrogen-bond donors (Lipinski definition) is 1. The molecular weight excluding hydrogens is 400 g/mol. The van der Waals surface area contributed by atoms with Crippen LogP contribution in [0, 0.1) is 0 Å². The molecule has 0 spiro atoms. The van der Waals surface area contributed by atoms with Gasteiger partial charge in [-0.2, -0.15) is 8.42 Å². The molecule has 0 radical (unpaired) electrons. The topological polar surface area (TPSA) is 75.7 Å². The standard InChI is InChI=1S/C20H25ClN2O4S/c1-4-15(3)23(20(24)22-18-10-7-9-17(21)13-18)14-16-8-6-11-19(12-16)27-28(25,26)5-2/h6-13,15H,4-5,14H2,1-3H3,(H,22,24)/t15-/m1/s1. The van der Waals surface area contributed by atoms with Gasteiger partial charge in [0.15, 0.2) is 0 Å². The van der Waals surface area contributed by atoms with Crippen LogP contribution >= 0.6 is 11.6 Å². The van der Waals surface area contributed by atoms with E-state index in [1.165, 1.54) is 6.92 Å². The van der Waals surface area contributed by atoms with Crippen molar-refractivity contribution in [3.8, 4) is 5.75 Å². The van der Waals surface area contributed by atoms with E-state index in [0.29, 0.717) is 17.3 Å². The van der Waals surface area contributed by atoms with Gasteiger partial charge in [-0.15, -0.1) is 0 Å². The van der Waals surface area contributed by atoms with Gasteiger partial charge >= 0.3 is 16.1 Å². The lowest BCUT2D eigenvalue weighted by molar-refractivity contribution is 0.187. The van der Waals surface area contributed by atoms with Gasteiger partial charge < -0.3 is 14.4 Å². The molecule has 2 aromatic rings. The third kappa shape index (κ3) is 6.42. The molecule has 8 heteroatoms. The van der Waals surface area contributed by atoms with Crippen LogP contribution in [-0.2, 0) is 16.7 Å². The maximum Gasteiger partial charge on any atom is 0.322 e. The van der Waals surface area contributed by atoms with Crippen LogP contribution in [0.1, 0.15) is 32.8 Å². The number of urea groups is 1. The summed E-state index contributed by atoms with van der Waals surface area (Å²) in [5.74, 6) is 0.122. The first kappa shape index (κ1) is 22.0. The normalized spacial score (nSPS) is 12.3. The molecule has 1 atom stereocenters. The number of carbonyl (C=O) groups excluding carboxylic acids is 1. The minimum absolute atomic E-state index is 0.0249. The molecule has 6 nitrogen and oxygen atoms in total. The number of rotatable bonds is 8. The summed E-state index contributed by atoms with van der Waals surface area (Å²) in [5, 5.41) is 3.39. The fraction of sp³-hybridized carbons (Fsp3) is 0.350. The number of benzene rings is 2. The maximum absolute atomic E-state index is 12.8. The Balaban J connectivity index is 2.19. The molecule has 28 heavy (non-hydrogen) atoms. The van der Waals surface area contributed by atoms with Crippen LogP contribution in [0.4, 0.5) is 10.5 Å². The average Bonchev–Trinajstić information content (AvgIpc) is 2.65. The third-order valence-corrected chi connectivity index (χ3v) is 5.68. The number of nitrogens with zero attached hydrogens (tertiary/aromatic N) is 1. The summed E-state index contributed by atoms with van der Waals surface area (Å²) in [6.07, 6.45) is 0.767. The van der Waals surface area contributed by atoms with E-state index in [1.807, 2.05) is 19.9 Å². The zero-order valence-electron chi connectivity index (χ0n) is 16.2. The van der Waals surface area contributed by atoms with Gasteiger partial charge in [0, 0.05) is 23.3 Å². The smallest absolute Gasteiger partial charge is 0.322 e. The highest BCUT2D eigenvalue weighted by atomic mass is 35.5. The summed E-state index contributed by atoms with van der Waals surface area (Å²) in [6, 6.07) is 13.4. The monoisotopic (exact) mass is 424 g/mol. The predicted molar refractivity (Wildman–Crippen MR) is 112 cm³/mol. The summed E-state index contributed by atoms with van der Waals surface area (Å²) in [7, 11) is -3.61. The van der Waals surface area contributed by atoms with E-state index < -0.39 is 10.1 Å². The Kier molecular flexibility index (Phi) is 7.71. The highest BCUT2D eigenvalue weighted by Crippen LogP contribution is 2.20. The van der Waals surface area contributed by atoms with Crippen LogP contribution in [0.15, 0.2) is 48.5 Å². The van der Waals surface area contributed by atoms with Crippen LogP contribution in [0.3, 0.4) is 0 Å². The average molecular weight is 425 g/mol. The summed E-state index contributed by atoms with van der Waals surface area (Å²) < 4.78 is 28.4. The molecule has 0 fully saturated rings. The molecule has 0 saturated heterocycles. The van der Waals surface area contributed by atoms with Crippen molar-refractivity contribution in [2.24, 2.45) is 0 Å². The van der Waals surface area contributed by atoms with Crippen LogP contribution in [0.5, 0.6) is 5.75 Å². The van der Waals surface area contributed by atoms with E-state index in [-0.39, 0.29) is 23.6 Å². The molecule has 0 aliphatic carbocycles. The van der Waals surface area contributed by atoms with Crippen LogP contribution < -0.4 is 9.50 Å². The molecule has 0 bridgehead atoms. The van der Waals surface area contributed by atoms with E-state index in [1.54, 1.807) is 47.4 Å². The van der Waals surface area contributed by atoms with Crippen molar-refractivity contribution in [1.29, 1.82) is 0 Å². The predicted octanol–water partition coefficient (Wildman–Crippen LogP) is 4.90. The molecule has 1 N–H and O–H groups in total. The summed E-state index contributed by atoms with van der Waals surface area (Å²) in [5.41, 5.74) is 1.38. The van der Waals surface area contributed by atoms with Crippen LogP contribution in [-0.4, -0.2) is 31.1 Å². The lowest BCUT2D eigenvalue weighted by atomic mass is 10.1. The van der Waals surface area contributed by atoms with Crippen molar-refractivity contribution in [2.45, 2.75) is 39.8 Å². The molecule has 0 aliphatic heterocycles. The number of anilines is 1. The van der Waals surface area contributed by atoms with Crippen molar-refractivity contribution in [3.05, 3.63) is 59.1 Å². The lowest BCUT2D eigenvalue weighted by Crippen LogP contribution is -2.40. The number of nitrogens with one attached hydrogen (secondary N) is 1. The largest absolute Gasteiger partial charge is 0.382 e. The summed E-state index contributed by atoms with van der Waals surface area (Å²) in [4.78, 5) is 14.5. The van der Waals surface area contributed by atoms with Crippen molar-refractivity contribution < 1.29 is 17.4 Å². The molecule has 0 saturated carbocycles. The lowest BCUT2D eigenvalue weighted by Gasteiger charge is -2.29. The minimum atomic E-state index is -3.61. The Hall–Kier alpha value is -2.25. The molecule has 0 aliphatic rings. The van der Waals surface area contributed by atoms with Gasteiger partial charge in [-0.05, 0) is 56.2 Å². The second-order valence-electron chi connectivity index (χ2n) is 6.40. The number of hydrogen-bond acceptors (Lipinski definition) is 4. The van der Waals surface area contributed by atoms with Crippen molar-refractivity contribution in [3.63, 3.8) is 0 Å². The molecule has 152 valence electrons. The Morgan fingerprint density at radius 1 is 1.18 bits per heavy atom. The first-order valence-electron chi connectivity index (χ1n) is 9.08. The Bertz CT molecular complexity index is 918. The maximum atomic E-state index is 12.8. The second kappa shape index (κ2) is 9.80. The molecule has 2 amide bonds. The zero-order chi connectivity index (χ0) is 20.7. The van der Waals surface area contributed by atoms with Crippen molar-refractivity contribution >= 4 is 33.4 Å². The van der Waals surface area contributed by atoms with Gasteiger partial charge in [-0.3, -0.25) is 0 Å². The molecule has 2 rings (SSSR count). The first-order valence-corrected chi connectivity index (χ1v) is 11.0. The Morgan fingerprint density at radius 3 is 2.54 bits per heavy atom. The Labute approximate surface area is 171 Å². The van der Waals surface area contributed by atoms with Crippen molar-refractivity contribution in [1.82, 2.24) is 4.90 Å². The number of halogens is 1. The molecule has 0 heterocycles. The van der Waals surface area contributed by atoms with Gasteiger partial charge in [-0.1, -0.05) is 36.7 Å². The van der Waals surface area contributed by atoms with E-state index in [9.17, 15) is 13.2 Å². The summed E-state index contributed by atoms with van der Waals surface area (Å²) >= 11 is 5.98. The van der Waals surface area contributed by atoms with Gasteiger partial charge in [0.25, 0.3) is 0 Å². The van der Waals surface area contributed by atoms with Crippen LogP contribution in [0.2, 0.25) is 5.02 Å². The molecule has 0 unspecified atom stereocenters. The van der Waals surface area contributed by atoms with Gasteiger partial charge in [-0.25, -0.2) is 4.79 Å². The Morgan fingerprint density at radius 2 is 1.89 bits per heavy atom. The number of amides is 2. The SMILES string of the molecule is CC[C@@H](C)N(Cc1cccc(OS(=O)(=O)CC)c1)C(=O)Nc1cccc(Cl)c1. The fourth-order valence-corrected chi connectivity index (χ4v) is 3.21. The van der Waals surface area contributed by atoms with E-state index in [4.69, 9.17) is 15.8 Å².